The molecule has 0 N–H and O–H groups in total. The third-order valence-corrected chi connectivity index (χ3v) is 4.50. The number of ether oxygens (including phenoxy) is 2. The van der Waals surface area contributed by atoms with Gasteiger partial charge in [0.1, 0.15) is 10.2 Å². The van der Waals surface area contributed by atoms with Crippen LogP contribution >= 0.6 is 31.9 Å². The summed E-state index contributed by atoms with van der Waals surface area (Å²) in [5.74, 6) is -0.458. The number of carbonyl (C=O) groups excluding carboxylic acids is 2. The molecule has 0 bridgehead atoms. The molecule has 0 radical (unpaired) electrons. The van der Waals surface area contributed by atoms with Crippen molar-refractivity contribution in [3.63, 3.8) is 0 Å². The number of rotatable bonds is 4. The van der Waals surface area contributed by atoms with E-state index in [1.165, 1.54) is 4.57 Å². The summed E-state index contributed by atoms with van der Waals surface area (Å²) in [6.07, 6.45) is 1.17. The lowest BCUT2D eigenvalue weighted by Crippen LogP contribution is -2.27. The molecule has 0 fully saturated rings. The molecule has 0 unspecified atom stereocenters. The molecule has 1 rings (SSSR count). The average Bonchev–Trinajstić information content (AvgIpc) is 2.58. The SMILES string of the molecule is CCCCOC(=O)c1c(C)c(Br)n(C(=O)OC(C)(C)C)c1Br. The fourth-order valence-electron chi connectivity index (χ4n) is 1.71. The molecule has 0 aliphatic heterocycles. The molecule has 0 aliphatic rings. The van der Waals surface area contributed by atoms with E-state index in [1.54, 1.807) is 27.7 Å². The van der Waals surface area contributed by atoms with Gasteiger partial charge in [0, 0.05) is 0 Å². The lowest BCUT2D eigenvalue weighted by Gasteiger charge is -2.20. The molecular weight excluding hydrogens is 418 g/mol. The Kier molecular flexibility index (Phi) is 6.67. The fourth-order valence-corrected chi connectivity index (χ4v) is 3.25. The minimum atomic E-state index is -0.629. The van der Waals surface area contributed by atoms with Crippen LogP contribution in [-0.2, 0) is 9.47 Å². The molecule has 0 spiro atoms. The maximum atomic E-state index is 12.3. The third-order valence-electron chi connectivity index (χ3n) is 2.79. The van der Waals surface area contributed by atoms with Crippen molar-refractivity contribution in [2.75, 3.05) is 6.61 Å². The normalized spacial score (nSPS) is 11.4. The second-order valence-corrected chi connectivity index (χ2v) is 7.39. The Labute approximate surface area is 147 Å². The van der Waals surface area contributed by atoms with Crippen molar-refractivity contribution in [3.05, 3.63) is 20.3 Å². The van der Waals surface area contributed by atoms with E-state index in [4.69, 9.17) is 9.47 Å². The highest BCUT2D eigenvalue weighted by molar-refractivity contribution is 9.11. The standard InChI is InChI=1S/C15H21Br2NO4/c1-6-7-8-21-13(19)10-9(2)11(16)18(12(10)17)14(20)22-15(3,4)5/h6-8H2,1-5H3. The number of carbonyl (C=O) groups is 2. The maximum Gasteiger partial charge on any atom is 0.420 e. The number of hydrogen-bond donors (Lipinski definition) is 0. The first-order valence-corrected chi connectivity index (χ1v) is 8.65. The Balaban J connectivity index is 3.11. The quantitative estimate of drug-likeness (QED) is 0.486. The van der Waals surface area contributed by atoms with E-state index in [2.05, 4.69) is 31.9 Å². The summed E-state index contributed by atoms with van der Waals surface area (Å²) in [4.78, 5) is 24.5. The van der Waals surface area contributed by atoms with Gasteiger partial charge in [0.15, 0.2) is 0 Å². The van der Waals surface area contributed by atoms with Crippen molar-refractivity contribution in [3.8, 4) is 0 Å². The van der Waals surface area contributed by atoms with Crippen LogP contribution in [0.3, 0.4) is 0 Å². The maximum absolute atomic E-state index is 12.3. The second-order valence-electron chi connectivity index (χ2n) is 5.89. The molecule has 1 heterocycles. The lowest BCUT2D eigenvalue weighted by atomic mass is 10.2. The first kappa shape index (κ1) is 19.2. The highest BCUT2D eigenvalue weighted by Gasteiger charge is 2.29. The van der Waals surface area contributed by atoms with E-state index < -0.39 is 17.7 Å². The van der Waals surface area contributed by atoms with Crippen LogP contribution in [0.25, 0.3) is 0 Å². The molecule has 0 saturated carbocycles. The van der Waals surface area contributed by atoms with Gasteiger partial charge in [0.05, 0.1) is 16.8 Å². The number of unbranched alkanes of at least 4 members (excludes halogenated alkanes) is 1. The van der Waals surface area contributed by atoms with E-state index in [1.807, 2.05) is 6.92 Å². The van der Waals surface area contributed by atoms with Gasteiger partial charge in [-0.3, -0.25) is 0 Å². The molecule has 124 valence electrons. The lowest BCUT2D eigenvalue weighted by molar-refractivity contribution is 0.0497. The minimum absolute atomic E-state index is 0.327. The van der Waals surface area contributed by atoms with E-state index in [9.17, 15) is 9.59 Å². The zero-order valence-electron chi connectivity index (χ0n) is 13.5. The van der Waals surface area contributed by atoms with Crippen LogP contribution in [-0.4, -0.2) is 28.8 Å². The van der Waals surface area contributed by atoms with Crippen LogP contribution in [0.4, 0.5) is 4.79 Å². The van der Waals surface area contributed by atoms with Crippen molar-refractivity contribution < 1.29 is 19.1 Å². The molecule has 1 aromatic rings. The predicted molar refractivity (Wildman–Crippen MR) is 91.4 cm³/mol. The molecule has 0 atom stereocenters. The number of esters is 1. The highest BCUT2D eigenvalue weighted by atomic mass is 79.9. The summed E-state index contributed by atoms with van der Waals surface area (Å²) in [7, 11) is 0. The van der Waals surface area contributed by atoms with E-state index in [0.717, 1.165) is 12.8 Å². The smallest absolute Gasteiger partial charge is 0.420 e. The molecular formula is C15H21Br2NO4. The Bertz CT molecular complexity index is 573. The van der Waals surface area contributed by atoms with Crippen LogP contribution in [0, 0.1) is 6.92 Å². The van der Waals surface area contributed by atoms with Crippen LogP contribution < -0.4 is 0 Å². The van der Waals surface area contributed by atoms with Crippen molar-refractivity contribution in [1.82, 2.24) is 4.57 Å². The monoisotopic (exact) mass is 437 g/mol. The minimum Gasteiger partial charge on any atom is -0.462 e. The van der Waals surface area contributed by atoms with Crippen molar-refractivity contribution in [2.45, 2.75) is 53.1 Å². The molecule has 7 heteroatoms. The third kappa shape index (κ3) is 4.59. The summed E-state index contributed by atoms with van der Waals surface area (Å²) < 4.78 is 12.6. The van der Waals surface area contributed by atoms with Crippen LogP contribution in [0.2, 0.25) is 0 Å². The largest absolute Gasteiger partial charge is 0.462 e. The van der Waals surface area contributed by atoms with Gasteiger partial charge in [-0.2, -0.15) is 0 Å². The molecule has 0 amide bonds. The average molecular weight is 439 g/mol. The fraction of sp³-hybridized carbons (Fsp3) is 0.600. The number of nitrogens with zero attached hydrogens (tertiary/aromatic N) is 1. The zero-order chi connectivity index (χ0) is 17.1. The van der Waals surface area contributed by atoms with E-state index in [0.29, 0.717) is 26.9 Å². The summed E-state index contributed by atoms with van der Waals surface area (Å²) in [5.41, 5.74) is 0.323. The van der Waals surface area contributed by atoms with Gasteiger partial charge in [-0.1, -0.05) is 13.3 Å². The molecule has 22 heavy (non-hydrogen) atoms. The molecule has 0 aliphatic carbocycles. The topological polar surface area (TPSA) is 57.5 Å². The number of aromatic nitrogens is 1. The molecule has 0 aromatic carbocycles. The summed E-state index contributed by atoms with van der Waals surface area (Å²) >= 11 is 6.64. The predicted octanol–water partition coefficient (Wildman–Crippen LogP) is 5.06. The molecule has 0 saturated heterocycles. The van der Waals surface area contributed by atoms with Gasteiger partial charge >= 0.3 is 12.1 Å². The Morgan fingerprint density at radius 3 is 2.27 bits per heavy atom. The van der Waals surface area contributed by atoms with Gasteiger partial charge < -0.3 is 9.47 Å². The summed E-state index contributed by atoms with van der Waals surface area (Å²) in [5, 5.41) is 0. The van der Waals surface area contributed by atoms with Gasteiger partial charge in [0.25, 0.3) is 0 Å². The van der Waals surface area contributed by atoms with Crippen molar-refractivity contribution in [1.29, 1.82) is 0 Å². The Morgan fingerprint density at radius 1 is 1.18 bits per heavy atom. The van der Waals surface area contributed by atoms with Gasteiger partial charge in [-0.15, -0.1) is 0 Å². The highest BCUT2D eigenvalue weighted by Crippen LogP contribution is 2.32. The Morgan fingerprint density at radius 2 is 1.77 bits per heavy atom. The van der Waals surface area contributed by atoms with Crippen LogP contribution in [0.5, 0.6) is 0 Å². The van der Waals surface area contributed by atoms with Crippen molar-refractivity contribution >= 4 is 43.9 Å². The van der Waals surface area contributed by atoms with Crippen molar-refractivity contribution in [2.24, 2.45) is 0 Å². The van der Waals surface area contributed by atoms with Gasteiger partial charge in [-0.05, 0) is 71.5 Å². The van der Waals surface area contributed by atoms with Crippen LogP contribution in [0.1, 0.15) is 56.5 Å². The zero-order valence-corrected chi connectivity index (χ0v) is 16.6. The summed E-state index contributed by atoms with van der Waals surface area (Å²) in [6, 6.07) is 0. The second kappa shape index (κ2) is 7.64. The van der Waals surface area contributed by atoms with Gasteiger partial charge in [0.2, 0.25) is 0 Å². The summed E-state index contributed by atoms with van der Waals surface area (Å²) in [6.45, 7) is 9.46. The van der Waals surface area contributed by atoms with Crippen LogP contribution in [0.15, 0.2) is 9.21 Å². The first-order chi connectivity index (χ1) is 10.1. The first-order valence-electron chi connectivity index (χ1n) is 7.07. The Hall–Kier alpha value is -0.820. The molecule has 5 nitrogen and oxygen atoms in total. The molecule has 1 aromatic heterocycles. The van der Waals surface area contributed by atoms with E-state index >= 15 is 0 Å². The number of hydrogen-bond acceptors (Lipinski definition) is 4. The van der Waals surface area contributed by atoms with Gasteiger partial charge in [-0.25, -0.2) is 14.2 Å². The number of halogens is 2. The van der Waals surface area contributed by atoms with E-state index in [-0.39, 0.29) is 0 Å².